The molecule has 0 saturated heterocycles. The molecule has 1 amide bonds. The lowest BCUT2D eigenvalue weighted by Crippen LogP contribution is -2.33. The van der Waals surface area contributed by atoms with Crippen LogP contribution in [0.15, 0.2) is 24.3 Å². The maximum Gasteiger partial charge on any atom is 0.224 e. The summed E-state index contributed by atoms with van der Waals surface area (Å²) < 4.78 is 0. The summed E-state index contributed by atoms with van der Waals surface area (Å²) in [6.07, 6.45) is 3.03. The van der Waals surface area contributed by atoms with E-state index in [1.54, 1.807) is 12.1 Å². The predicted molar refractivity (Wildman–Crippen MR) is 71.5 cm³/mol. The summed E-state index contributed by atoms with van der Waals surface area (Å²) in [6, 6.07) is 7.27. The molecule has 2 unspecified atom stereocenters. The Hall–Kier alpha value is -1.06. The average Bonchev–Trinajstić information content (AvgIpc) is 2.75. The Balaban J connectivity index is 1.76. The summed E-state index contributed by atoms with van der Waals surface area (Å²) in [7, 11) is 0. The summed E-state index contributed by atoms with van der Waals surface area (Å²) in [6.45, 7) is 0.577. The number of amides is 1. The monoisotopic (exact) mass is 267 g/mol. The van der Waals surface area contributed by atoms with Gasteiger partial charge in [-0.25, -0.2) is 0 Å². The Bertz CT molecular complexity index is 405. The number of aliphatic hydroxyl groups is 1. The highest BCUT2D eigenvalue weighted by Crippen LogP contribution is 2.24. The van der Waals surface area contributed by atoms with Crippen LogP contribution in [0.4, 0.5) is 0 Å². The molecular formula is C14H18ClNO2. The lowest BCUT2D eigenvalue weighted by Gasteiger charge is -2.15. The van der Waals surface area contributed by atoms with Crippen LogP contribution >= 0.6 is 11.6 Å². The Morgan fingerprint density at radius 3 is 2.67 bits per heavy atom. The van der Waals surface area contributed by atoms with Crippen molar-refractivity contribution in [2.75, 3.05) is 6.54 Å². The predicted octanol–water partition coefficient (Wildman–Crippen LogP) is 2.16. The molecule has 1 aromatic carbocycles. The zero-order valence-electron chi connectivity index (χ0n) is 10.2. The van der Waals surface area contributed by atoms with Gasteiger partial charge in [-0.15, -0.1) is 0 Å². The van der Waals surface area contributed by atoms with Crippen LogP contribution in [0.5, 0.6) is 0 Å². The van der Waals surface area contributed by atoms with E-state index >= 15 is 0 Å². The molecule has 3 nitrogen and oxygen atoms in total. The van der Waals surface area contributed by atoms with Crippen LogP contribution < -0.4 is 5.32 Å². The number of rotatable bonds is 4. The zero-order chi connectivity index (χ0) is 13.0. The minimum atomic E-state index is -0.249. The Kier molecular flexibility index (Phi) is 4.61. The molecule has 4 heteroatoms. The SMILES string of the molecule is O=C(Cc1ccc(Cl)cc1)NCC1CCCC1O. The van der Waals surface area contributed by atoms with Gasteiger partial charge in [-0.05, 0) is 30.5 Å². The van der Waals surface area contributed by atoms with E-state index in [4.69, 9.17) is 11.6 Å². The van der Waals surface area contributed by atoms with E-state index in [-0.39, 0.29) is 17.9 Å². The van der Waals surface area contributed by atoms with Gasteiger partial charge < -0.3 is 10.4 Å². The van der Waals surface area contributed by atoms with Gasteiger partial charge in [0.2, 0.25) is 5.91 Å². The maximum absolute atomic E-state index is 11.7. The molecule has 0 aliphatic heterocycles. The van der Waals surface area contributed by atoms with Gasteiger partial charge in [-0.2, -0.15) is 0 Å². The number of nitrogens with one attached hydrogen (secondary N) is 1. The highest BCUT2D eigenvalue weighted by atomic mass is 35.5. The van der Waals surface area contributed by atoms with Crippen LogP contribution in [0.25, 0.3) is 0 Å². The van der Waals surface area contributed by atoms with Crippen molar-refractivity contribution in [1.29, 1.82) is 0 Å². The minimum Gasteiger partial charge on any atom is -0.393 e. The van der Waals surface area contributed by atoms with Crippen LogP contribution in [0.2, 0.25) is 5.02 Å². The number of halogens is 1. The molecule has 18 heavy (non-hydrogen) atoms. The molecule has 1 aromatic rings. The number of carbonyl (C=O) groups is 1. The lowest BCUT2D eigenvalue weighted by molar-refractivity contribution is -0.120. The Morgan fingerprint density at radius 2 is 2.06 bits per heavy atom. The molecule has 1 saturated carbocycles. The van der Waals surface area contributed by atoms with Crippen LogP contribution in [-0.2, 0) is 11.2 Å². The van der Waals surface area contributed by atoms with Gasteiger partial charge in [0.1, 0.15) is 0 Å². The van der Waals surface area contributed by atoms with Crippen LogP contribution in [-0.4, -0.2) is 23.7 Å². The van der Waals surface area contributed by atoms with Gasteiger partial charge in [0.05, 0.1) is 12.5 Å². The van der Waals surface area contributed by atoms with Crippen LogP contribution in [0.1, 0.15) is 24.8 Å². The second-order valence-corrected chi connectivity index (χ2v) is 5.30. The Labute approximate surface area is 112 Å². The van der Waals surface area contributed by atoms with Crippen molar-refractivity contribution >= 4 is 17.5 Å². The number of hydrogen-bond donors (Lipinski definition) is 2. The lowest BCUT2D eigenvalue weighted by atomic mass is 10.1. The molecule has 0 aromatic heterocycles. The van der Waals surface area contributed by atoms with Gasteiger partial charge in [0.25, 0.3) is 0 Å². The van der Waals surface area contributed by atoms with E-state index in [1.165, 1.54) is 0 Å². The van der Waals surface area contributed by atoms with Crippen molar-refractivity contribution in [3.05, 3.63) is 34.9 Å². The molecule has 2 atom stereocenters. The van der Waals surface area contributed by atoms with Gasteiger partial charge in [0.15, 0.2) is 0 Å². The van der Waals surface area contributed by atoms with E-state index < -0.39 is 0 Å². The zero-order valence-corrected chi connectivity index (χ0v) is 11.0. The van der Waals surface area contributed by atoms with E-state index in [9.17, 15) is 9.90 Å². The Morgan fingerprint density at radius 1 is 1.33 bits per heavy atom. The van der Waals surface area contributed by atoms with Crippen molar-refractivity contribution < 1.29 is 9.90 Å². The third-order valence-corrected chi connectivity index (χ3v) is 3.71. The largest absolute Gasteiger partial charge is 0.393 e. The number of benzene rings is 1. The van der Waals surface area contributed by atoms with Crippen molar-refractivity contribution in [1.82, 2.24) is 5.32 Å². The molecule has 98 valence electrons. The quantitative estimate of drug-likeness (QED) is 0.878. The summed E-state index contributed by atoms with van der Waals surface area (Å²) in [5.74, 6) is 0.218. The smallest absolute Gasteiger partial charge is 0.224 e. The third kappa shape index (κ3) is 3.72. The normalized spacial score (nSPS) is 23.0. The van der Waals surface area contributed by atoms with Crippen molar-refractivity contribution in [2.45, 2.75) is 31.8 Å². The fraction of sp³-hybridized carbons (Fsp3) is 0.500. The second kappa shape index (κ2) is 6.21. The average molecular weight is 268 g/mol. The van der Waals surface area contributed by atoms with Crippen LogP contribution in [0, 0.1) is 5.92 Å². The van der Waals surface area contributed by atoms with Gasteiger partial charge in [-0.3, -0.25) is 4.79 Å². The first-order valence-electron chi connectivity index (χ1n) is 6.34. The first kappa shape index (κ1) is 13.4. The number of aliphatic hydroxyl groups excluding tert-OH is 1. The van der Waals surface area contributed by atoms with E-state index in [2.05, 4.69) is 5.32 Å². The molecular weight excluding hydrogens is 250 g/mol. The minimum absolute atomic E-state index is 0.00331. The molecule has 1 aliphatic carbocycles. The summed E-state index contributed by atoms with van der Waals surface area (Å²) in [5, 5.41) is 13.2. The van der Waals surface area contributed by atoms with Crippen molar-refractivity contribution in [3.63, 3.8) is 0 Å². The molecule has 0 heterocycles. The second-order valence-electron chi connectivity index (χ2n) is 4.87. The van der Waals surface area contributed by atoms with Gasteiger partial charge in [-0.1, -0.05) is 30.2 Å². The fourth-order valence-corrected chi connectivity index (χ4v) is 2.48. The van der Waals surface area contributed by atoms with Crippen molar-refractivity contribution in [2.24, 2.45) is 5.92 Å². The number of carbonyl (C=O) groups excluding carboxylic acids is 1. The maximum atomic E-state index is 11.7. The van der Waals surface area contributed by atoms with Gasteiger partial charge >= 0.3 is 0 Å². The summed E-state index contributed by atoms with van der Waals surface area (Å²) >= 11 is 5.78. The highest BCUT2D eigenvalue weighted by molar-refractivity contribution is 6.30. The highest BCUT2D eigenvalue weighted by Gasteiger charge is 2.25. The van der Waals surface area contributed by atoms with Crippen molar-refractivity contribution in [3.8, 4) is 0 Å². The van der Waals surface area contributed by atoms with Crippen LogP contribution in [0.3, 0.4) is 0 Å². The standard InChI is InChI=1S/C14H18ClNO2/c15-12-6-4-10(5-7-12)8-14(18)16-9-11-2-1-3-13(11)17/h4-7,11,13,17H,1-3,8-9H2,(H,16,18). The van der Waals surface area contributed by atoms with Gasteiger partial charge in [0, 0.05) is 17.5 Å². The first-order chi connectivity index (χ1) is 8.65. The third-order valence-electron chi connectivity index (χ3n) is 3.46. The topological polar surface area (TPSA) is 49.3 Å². The summed E-state index contributed by atoms with van der Waals surface area (Å²) in [4.78, 5) is 11.7. The molecule has 1 aliphatic rings. The fourth-order valence-electron chi connectivity index (χ4n) is 2.35. The van der Waals surface area contributed by atoms with E-state index in [0.717, 1.165) is 24.8 Å². The van der Waals surface area contributed by atoms with E-state index in [0.29, 0.717) is 18.0 Å². The molecule has 2 N–H and O–H groups in total. The first-order valence-corrected chi connectivity index (χ1v) is 6.72. The molecule has 0 radical (unpaired) electrons. The number of hydrogen-bond acceptors (Lipinski definition) is 2. The molecule has 1 fully saturated rings. The van der Waals surface area contributed by atoms with E-state index in [1.807, 2.05) is 12.1 Å². The molecule has 2 rings (SSSR count). The molecule has 0 bridgehead atoms. The molecule has 0 spiro atoms. The summed E-state index contributed by atoms with van der Waals surface area (Å²) in [5.41, 5.74) is 0.948.